The third kappa shape index (κ3) is 3.03. The summed E-state index contributed by atoms with van der Waals surface area (Å²) in [6.07, 6.45) is 5.79. The fourth-order valence-electron chi connectivity index (χ4n) is 1.43. The van der Waals surface area contributed by atoms with E-state index in [-0.39, 0.29) is 0 Å². The van der Waals surface area contributed by atoms with Gasteiger partial charge in [-0.15, -0.1) is 0 Å². The molecule has 0 aromatic rings. The average Bonchev–Trinajstić information content (AvgIpc) is 2.12. The number of hydrogen-bond acceptors (Lipinski definition) is 0. The van der Waals surface area contributed by atoms with Crippen LogP contribution in [0.2, 0.25) is 25.7 Å². The first kappa shape index (κ1) is 9.38. The Labute approximate surface area is 80.0 Å². The van der Waals surface area contributed by atoms with Crippen LogP contribution in [0.4, 0.5) is 0 Å². The molecule has 0 spiro atoms. The molecule has 11 heavy (non-hydrogen) atoms. The molecule has 1 aliphatic rings. The summed E-state index contributed by atoms with van der Waals surface area (Å²) < 4.78 is 1.59. The van der Waals surface area contributed by atoms with Gasteiger partial charge in [-0.2, -0.15) is 0 Å². The molecule has 0 N–H and O–H groups in total. The molecule has 2 heteroatoms. The van der Waals surface area contributed by atoms with Crippen molar-refractivity contribution in [2.24, 2.45) is 0 Å². The quantitative estimate of drug-likeness (QED) is 0.542. The van der Waals surface area contributed by atoms with E-state index < -0.39 is 8.07 Å². The van der Waals surface area contributed by atoms with Gasteiger partial charge in [0.15, 0.2) is 0 Å². The molecular weight excluding hydrogens is 143 g/mol. The summed E-state index contributed by atoms with van der Waals surface area (Å²) in [4.78, 5) is 0. The SMILES string of the molecule is [Li][C]1=C(C[Si](C)(C)C)C=CC1. The number of rotatable bonds is 2. The van der Waals surface area contributed by atoms with E-state index in [0.717, 1.165) is 0 Å². The summed E-state index contributed by atoms with van der Waals surface area (Å²) in [6.45, 7) is 7.29. The van der Waals surface area contributed by atoms with Crippen LogP contribution in [-0.4, -0.2) is 25.8 Å². The van der Waals surface area contributed by atoms with Gasteiger partial charge in [-0.1, -0.05) is 0 Å². The topological polar surface area (TPSA) is 0 Å². The van der Waals surface area contributed by atoms with Crippen LogP contribution in [0.5, 0.6) is 0 Å². The van der Waals surface area contributed by atoms with Crippen LogP contribution in [0, 0.1) is 0 Å². The monoisotopic (exact) mass is 158 g/mol. The van der Waals surface area contributed by atoms with Gasteiger partial charge in [-0.25, -0.2) is 0 Å². The maximum atomic E-state index is 2.43. The Bertz CT molecular complexity index is 208. The Hall–Kier alpha value is 0.294. The van der Waals surface area contributed by atoms with Crippen molar-refractivity contribution in [1.82, 2.24) is 0 Å². The van der Waals surface area contributed by atoms with Crippen molar-refractivity contribution in [3.8, 4) is 0 Å². The standard InChI is InChI=1S/C9H15Si.Li/c1-10(2,3)8-9-6-4-5-7-9;/h4,6H,5,8H2,1-3H3;. The van der Waals surface area contributed by atoms with E-state index in [1.54, 1.807) is 9.82 Å². The Morgan fingerprint density at radius 3 is 2.45 bits per heavy atom. The summed E-state index contributed by atoms with van der Waals surface area (Å²) in [5, 5.41) is 0. The molecule has 0 aromatic carbocycles. The van der Waals surface area contributed by atoms with Gasteiger partial charge in [-0.05, 0) is 0 Å². The van der Waals surface area contributed by atoms with Crippen molar-refractivity contribution in [1.29, 1.82) is 0 Å². The average molecular weight is 158 g/mol. The molecule has 0 nitrogen and oxygen atoms in total. The maximum absolute atomic E-state index is 2.43. The third-order valence-corrected chi connectivity index (χ3v) is 3.45. The Kier molecular flexibility index (Phi) is 2.86. The van der Waals surface area contributed by atoms with E-state index in [1.165, 1.54) is 12.5 Å². The summed E-state index contributed by atoms with van der Waals surface area (Å²) >= 11 is 2.26. The molecule has 0 saturated carbocycles. The van der Waals surface area contributed by atoms with Crippen LogP contribution in [0.15, 0.2) is 22.0 Å². The first-order valence-corrected chi connectivity index (χ1v) is 8.05. The first-order valence-electron chi connectivity index (χ1n) is 4.34. The van der Waals surface area contributed by atoms with E-state index in [2.05, 4.69) is 49.5 Å². The zero-order chi connectivity index (χ0) is 8.48. The predicted octanol–water partition coefficient (Wildman–Crippen LogP) is 2.71. The van der Waals surface area contributed by atoms with Gasteiger partial charge in [0.05, 0.1) is 0 Å². The second-order valence-corrected chi connectivity index (χ2v) is 10.1. The molecule has 56 valence electrons. The van der Waals surface area contributed by atoms with Crippen LogP contribution >= 0.6 is 0 Å². The Morgan fingerprint density at radius 2 is 2.09 bits per heavy atom. The second-order valence-electron chi connectivity index (χ2n) is 4.65. The van der Waals surface area contributed by atoms with Gasteiger partial charge in [0.2, 0.25) is 0 Å². The van der Waals surface area contributed by atoms with Crippen LogP contribution in [0.3, 0.4) is 0 Å². The van der Waals surface area contributed by atoms with Crippen LogP contribution < -0.4 is 0 Å². The van der Waals surface area contributed by atoms with Crippen LogP contribution in [0.25, 0.3) is 0 Å². The van der Waals surface area contributed by atoms with E-state index in [4.69, 9.17) is 0 Å². The minimum absolute atomic E-state index is 0.873. The molecule has 0 heterocycles. The molecule has 0 fully saturated rings. The van der Waals surface area contributed by atoms with Gasteiger partial charge in [0, 0.05) is 0 Å². The molecule has 0 atom stereocenters. The Balaban J connectivity index is 2.63. The number of allylic oxidation sites excluding steroid dienone is 4. The summed E-state index contributed by atoms with van der Waals surface area (Å²) in [5.74, 6) is 0. The molecular formula is C9H15LiSi. The molecule has 0 unspecified atom stereocenters. The molecule has 1 aliphatic carbocycles. The van der Waals surface area contributed by atoms with Crippen molar-refractivity contribution in [3.05, 3.63) is 22.0 Å². The van der Waals surface area contributed by atoms with E-state index in [9.17, 15) is 0 Å². The fraction of sp³-hybridized carbons (Fsp3) is 0.556. The molecule has 0 amide bonds. The van der Waals surface area contributed by atoms with Gasteiger partial charge in [0.1, 0.15) is 0 Å². The second kappa shape index (κ2) is 3.35. The van der Waals surface area contributed by atoms with E-state index >= 15 is 0 Å². The molecule has 0 saturated heterocycles. The molecule has 0 aliphatic heterocycles. The zero-order valence-electron chi connectivity index (χ0n) is 8.07. The van der Waals surface area contributed by atoms with Crippen molar-refractivity contribution < 1.29 is 0 Å². The third-order valence-electron chi connectivity index (χ3n) is 2.01. The minimum atomic E-state index is -0.873. The van der Waals surface area contributed by atoms with Crippen molar-refractivity contribution in [3.63, 3.8) is 0 Å². The molecule has 0 aromatic heterocycles. The summed E-state index contributed by atoms with van der Waals surface area (Å²) in [6, 6.07) is 1.36. The fourth-order valence-corrected chi connectivity index (χ4v) is 2.99. The summed E-state index contributed by atoms with van der Waals surface area (Å²) in [7, 11) is -0.873. The van der Waals surface area contributed by atoms with Gasteiger partial charge < -0.3 is 0 Å². The predicted molar refractivity (Wildman–Crippen MR) is 54.7 cm³/mol. The van der Waals surface area contributed by atoms with Crippen molar-refractivity contribution >= 4 is 25.8 Å². The molecule has 0 radical (unpaired) electrons. The van der Waals surface area contributed by atoms with Gasteiger partial charge in [0.25, 0.3) is 0 Å². The first-order chi connectivity index (χ1) is 4.99. The number of hydrogen-bond donors (Lipinski definition) is 0. The van der Waals surface area contributed by atoms with Crippen molar-refractivity contribution in [2.75, 3.05) is 0 Å². The van der Waals surface area contributed by atoms with Crippen LogP contribution in [-0.2, 0) is 0 Å². The normalized spacial score (nSPS) is 18.3. The van der Waals surface area contributed by atoms with Gasteiger partial charge in [-0.3, -0.25) is 0 Å². The van der Waals surface area contributed by atoms with Crippen LogP contribution in [0.1, 0.15) is 6.42 Å². The van der Waals surface area contributed by atoms with E-state index in [0.29, 0.717) is 0 Å². The molecule has 1 rings (SSSR count). The molecule has 0 bridgehead atoms. The van der Waals surface area contributed by atoms with E-state index in [1.807, 2.05) is 0 Å². The van der Waals surface area contributed by atoms with Gasteiger partial charge >= 0.3 is 79.9 Å². The van der Waals surface area contributed by atoms with Crippen molar-refractivity contribution in [2.45, 2.75) is 32.1 Å². The zero-order valence-corrected chi connectivity index (χ0v) is 9.07. The Morgan fingerprint density at radius 1 is 1.45 bits per heavy atom. The summed E-state index contributed by atoms with van der Waals surface area (Å²) in [5.41, 5.74) is 1.61.